The summed E-state index contributed by atoms with van der Waals surface area (Å²) in [5.74, 6) is -0.173. The number of nitrogens with one attached hydrogen (secondary N) is 1. The van der Waals surface area contributed by atoms with E-state index in [0.29, 0.717) is 34.2 Å². The fourth-order valence-corrected chi connectivity index (χ4v) is 3.06. The fraction of sp³-hybridized carbons (Fsp3) is 0.0435. The quantitative estimate of drug-likeness (QED) is 0.554. The molecule has 0 fully saturated rings. The van der Waals surface area contributed by atoms with Gasteiger partial charge in [0.05, 0.1) is 16.6 Å². The Morgan fingerprint density at radius 1 is 0.815 bits per heavy atom. The third-order valence-corrected chi connectivity index (χ3v) is 4.40. The fourth-order valence-electron chi connectivity index (χ4n) is 3.06. The van der Waals surface area contributed by atoms with E-state index in [2.05, 4.69) is 4.98 Å². The Hall–Kier alpha value is -3.66. The predicted octanol–water partition coefficient (Wildman–Crippen LogP) is 4.34. The van der Waals surface area contributed by atoms with Crippen LogP contribution >= 0.6 is 0 Å². The second-order valence-corrected chi connectivity index (χ2v) is 6.23. The number of pyridine rings is 1. The van der Waals surface area contributed by atoms with Gasteiger partial charge in [-0.1, -0.05) is 60.7 Å². The first kappa shape index (κ1) is 16.8. The zero-order valence-electron chi connectivity index (χ0n) is 14.5. The smallest absolute Gasteiger partial charge is 0.343 e. The normalized spacial score (nSPS) is 10.7. The largest absolute Gasteiger partial charge is 0.422 e. The highest BCUT2D eigenvalue weighted by Crippen LogP contribution is 2.28. The Balaban J connectivity index is 1.84. The van der Waals surface area contributed by atoms with Crippen LogP contribution in [0.4, 0.5) is 0 Å². The van der Waals surface area contributed by atoms with Gasteiger partial charge in [-0.15, -0.1) is 0 Å². The van der Waals surface area contributed by atoms with Crippen molar-refractivity contribution < 1.29 is 9.53 Å². The van der Waals surface area contributed by atoms with E-state index >= 15 is 0 Å². The average molecular weight is 355 g/mol. The van der Waals surface area contributed by atoms with Crippen LogP contribution in [0.25, 0.3) is 10.9 Å². The summed E-state index contributed by atoms with van der Waals surface area (Å²) in [6, 6.07) is 25.7. The second-order valence-electron chi connectivity index (χ2n) is 6.23. The van der Waals surface area contributed by atoms with Crippen LogP contribution in [0.15, 0.2) is 89.7 Å². The number of hydrogen-bond donors (Lipinski definition) is 1. The molecule has 0 aliphatic rings. The van der Waals surface area contributed by atoms with Crippen molar-refractivity contribution in [2.24, 2.45) is 0 Å². The molecule has 0 spiro atoms. The lowest BCUT2D eigenvalue weighted by Gasteiger charge is -2.13. The van der Waals surface area contributed by atoms with Crippen LogP contribution in [0.1, 0.15) is 21.5 Å². The molecule has 0 radical (unpaired) electrons. The molecule has 1 aromatic heterocycles. The number of aromatic amines is 1. The number of esters is 1. The molecule has 0 amide bonds. The Morgan fingerprint density at radius 3 is 2.19 bits per heavy atom. The number of benzene rings is 3. The molecule has 0 aliphatic carbocycles. The van der Waals surface area contributed by atoms with Gasteiger partial charge in [0.25, 0.3) is 5.56 Å². The standard InChI is InChI=1S/C23H17NO3/c25-22-19(15-16-9-3-1-4-10-16)21(18-13-7-8-14-20(18)24-22)27-23(26)17-11-5-2-6-12-17/h1-14H,15H2,(H,24,25). The van der Waals surface area contributed by atoms with E-state index in [4.69, 9.17) is 4.74 Å². The molecule has 1 heterocycles. The molecule has 1 N–H and O–H groups in total. The maximum atomic E-state index is 12.7. The monoisotopic (exact) mass is 355 g/mol. The number of para-hydroxylation sites is 1. The molecule has 0 atom stereocenters. The number of carbonyl (C=O) groups is 1. The summed E-state index contributed by atoms with van der Waals surface area (Å²) in [7, 11) is 0. The van der Waals surface area contributed by atoms with E-state index in [1.165, 1.54) is 0 Å². The zero-order valence-corrected chi connectivity index (χ0v) is 14.5. The van der Waals surface area contributed by atoms with Gasteiger partial charge < -0.3 is 9.72 Å². The van der Waals surface area contributed by atoms with Crippen molar-refractivity contribution in [2.75, 3.05) is 0 Å². The van der Waals surface area contributed by atoms with Crippen molar-refractivity contribution >= 4 is 16.9 Å². The van der Waals surface area contributed by atoms with Crippen LogP contribution in [0.2, 0.25) is 0 Å². The van der Waals surface area contributed by atoms with Gasteiger partial charge in [0.15, 0.2) is 0 Å². The molecule has 0 bridgehead atoms. The Bertz CT molecular complexity index is 1150. The molecule has 132 valence electrons. The number of H-pyrrole nitrogens is 1. The first-order valence-electron chi connectivity index (χ1n) is 8.67. The SMILES string of the molecule is O=C(Oc1c(Cc2ccccc2)c(=O)[nH]c2ccccc12)c1ccccc1. The summed E-state index contributed by atoms with van der Waals surface area (Å²) >= 11 is 0. The molecule has 4 nitrogen and oxygen atoms in total. The molecule has 0 aliphatic heterocycles. The molecule has 4 aromatic rings. The topological polar surface area (TPSA) is 59.2 Å². The molecule has 4 heteroatoms. The van der Waals surface area contributed by atoms with Crippen molar-refractivity contribution in [2.45, 2.75) is 6.42 Å². The van der Waals surface area contributed by atoms with Gasteiger partial charge in [-0.25, -0.2) is 4.79 Å². The molecule has 0 unspecified atom stereocenters. The number of rotatable bonds is 4. The average Bonchev–Trinajstić information content (AvgIpc) is 2.72. The first-order chi connectivity index (χ1) is 13.2. The van der Waals surface area contributed by atoms with Gasteiger partial charge in [-0.2, -0.15) is 0 Å². The van der Waals surface area contributed by atoms with Crippen molar-refractivity contribution in [1.82, 2.24) is 4.98 Å². The van der Waals surface area contributed by atoms with E-state index in [1.54, 1.807) is 30.3 Å². The summed E-state index contributed by atoms with van der Waals surface area (Å²) in [6.07, 6.45) is 0.373. The summed E-state index contributed by atoms with van der Waals surface area (Å²) < 4.78 is 5.74. The lowest BCUT2D eigenvalue weighted by Crippen LogP contribution is -2.18. The maximum Gasteiger partial charge on any atom is 0.343 e. The van der Waals surface area contributed by atoms with Crippen molar-refractivity contribution in [3.63, 3.8) is 0 Å². The summed E-state index contributed by atoms with van der Waals surface area (Å²) in [6.45, 7) is 0. The third-order valence-electron chi connectivity index (χ3n) is 4.40. The van der Waals surface area contributed by atoms with Gasteiger partial charge in [-0.05, 0) is 29.8 Å². The third kappa shape index (κ3) is 3.51. The van der Waals surface area contributed by atoms with Gasteiger partial charge in [0.2, 0.25) is 0 Å². The number of hydrogen-bond acceptors (Lipinski definition) is 3. The van der Waals surface area contributed by atoms with Gasteiger partial charge in [-0.3, -0.25) is 4.79 Å². The Labute approximate surface area is 156 Å². The van der Waals surface area contributed by atoms with E-state index < -0.39 is 5.97 Å². The number of ether oxygens (including phenoxy) is 1. The van der Waals surface area contributed by atoms with Crippen LogP contribution in [0.5, 0.6) is 5.75 Å². The summed E-state index contributed by atoms with van der Waals surface area (Å²) in [5.41, 5.74) is 2.22. The zero-order chi connectivity index (χ0) is 18.6. The van der Waals surface area contributed by atoms with Crippen molar-refractivity contribution in [3.05, 3.63) is 112 Å². The van der Waals surface area contributed by atoms with E-state index in [9.17, 15) is 9.59 Å². The molecule has 0 saturated heterocycles. The van der Waals surface area contributed by atoms with Crippen molar-refractivity contribution in [3.8, 4) is 5.75 Å². The highest BCUT2D eigenvalue weighted by atomic mass is 16.5. The van der Waals surface area contributed by atoms with Crippen LogP contribution < -0.4 is 10.3 Å². The van der Waals surface area contributed by atoms with E-state index in [0.717, 1.165) is 5.56 Å². The van der Waals surface area contributed by atoms with E-state index in [-0.39, 0.29) is 5.56 Å². The maximum absolute atomic E-state index is 12.7. The number of carbonyl (C=O) groups excluding carboxylic acids is 1. The lowest BCUT2D eigenvalue weighted by molar-refractivity contribution is 0.0735. The molecule has 3 aromatic carbocycles. The predicted molar refractivity (Wildman–Crippen MR) is 105 cm³/mol. The van der Waals surface area contributed by atoms with Gasteiger partial charge >= 0.3 is 5.97 Å². The minimum Gasteiger partial charge on any atom is -0.422 e. The molecule has 4 rings (SSSR count). The minimum absolute atomic E-state index is 0.256. The molecular formula is C23H17NO3. The van der Waals surface area contributed by atoms with Crippen LogP contribution in [-0.2, 0) is 6.42 Å². The molecule has 27 heavy (non-hydrogen) atoms. The molecule has 0 saturated carbocycles. The highest BCUT2D eigenvalue weighted by molar-refractivity contribution is 5.95. The van der Waals surface area contributed by atoms with Crippen LogP contribution in [0.3, 0.4) is 0 Å². The van der Waals surface area contributed by atoms with E-state index in [1.807, 2.05) is 54.6 Å². The molecular weight excluding hydrogens is 338 g/mol. The van der Waals surface area contributed by atoms with Crippen molar-refractivity contribution in [1.29, 1.82) is 0 Å². The lowest BCUT2D eigenvalue weighted by atomic mass is 10.0. The van der Waals surface area contributed by atoms with Crippen LogP contribution in [0, 0.1) is 0 Å². The minimum atomic E-state index is -0.485. The summed E-state index contributed by atoms with van der Waals surface area (Å²) in [4.78, 5) is 28.3. The number of fused-ring (bicyclic) bond motifs is 1. The Kier molecular flexibility index (Phi) is 4.54. The van der Waals surface area contributed by atoms with Gasteiger partial charge in [0.1, 0.15) is 5.75 Å². The Morgan fingerprint density at radius 2 is 1.44 bits per heavy atom. The second kappa shape index (κ2) is 7.30. The highest BCUT2D eigenvalue weighted by Gasteiger charge is 2.18. The summed E-state index contributed by atoms with van der Waals surface area (Å²) in [5, 5.41) is 0.701. The van der Waals surface area contributed by atoms with Gasteiger partial charge in [0, 0.05) is 11.8 Å². The number of aromatic nitrogens is 1. The first-order valence-corrected chi connectivity index (χ1v) is 8.67. The van der Waals surface area contributed by atoms with Crippen LogP contribution in [-0.4, -0.2) is 11.0 Å².